The third-order valence-corrected chi connectivity index (χ3v) is 8.89. The molecule has 38 heavy (non-hydrogen) atoms. The van der Waals surface area contributed by atoms with Gasteiger partial charge in [-0.2, -0.15) is 0 Å². The fourth-order valence-electron chi connectivity index (χ4n) is 5.12. The molecule has 3 heterocycles. The van der Waals surface area contributed by atoms with E-state index in [0.717, 1.165) is 52.7 Å². The average molecular weight is 558 g/mol. The van der Waals surface area contributed by atoms with E-state index < -0.39 is 17.4 Å². The van der Waals surface area contributed by atoms with E-state index in [1.54, 1.807) is 12.4 Å². The maximum atomic E-state index is 14.5. The normalized spacial score (nSPS) is 21.7. The number of carboxylic acid groups (broad SMARTS) is 1. The largest absolute Gasteiger partial charge is 0.478 e. The number of carboxylic acids is 1. The second kappa shape index (κ2) is 9.68. The number of hydrogen-bond donors (Lipinski definition) is 2. The van der Waals surface area contributed by atoms with Crippen molar-refractivity contribution in [3.8, 4) is 11.3 Å². The topological polar surface area (TPSA) is 119 Å². The zero-order chi connectivity index (χ0) is 26.6. The standard InChI is InChI=1S/C27H25ClFN3O5S/c1-13-10-30-11-18(28)21(13)22-17(24(37-32-22)14-2-3-14)12-36-16-4-6-27(35,7-5-16)26-31-23-19(29)8-15(25(33)34)9-20(23)38-26/h8-11,14,16,35H,2-7,12H2,1H3,(H,33,34). The average Bonchev–Trinajstić information content (AvgIpc) is 3.48. The molecule has 2 aliphatic rings. The third-order valence-electron chi connectivity index (χ3n) is 7.41. The fourth-order valence-corrected chi connectivity index (χ4v) is 6.58. The van der Waals surface area contributed by atoms with Crippen molar-refractivity contribution in [2.24, 2.45) is 0 Å². The van der Waals surface area contributed by atoms with Crippen LogP contribution in [-0.2, 0) is 16.9 Å². The Labute approximate surface area is 226 Å². The second-order valence-corrected chi connectivity index (χ2v) is 11.6. The lowest BCUT2D eigenvalue weighted by Crippen LogP contribution is -2.34. The van der Waals surface area contributed by atoms with Gasteiger partial charge in [-0.15, -0.1) is 11.3 Å². The van der Waals surface area contributed by atoms with Gasteiger partial charge in [-0.3, -0.25) is 4.98 Å². The summed E-state index contributed by atoms with van der Waals surface area (Å²) in [7, 11) is 0. The summed E-state index contributed by atoms with van der Waals surface area (Å²) in [5, 5.41) is 25.8. The number of thiazole rings is 1. The molecule has 3 aromatic heterocycles. The summed E-state index contributed by atoms with van der Waals surface area (Å²) < 4.78 is 26.9. The van der Waals surface area contributed by atoms with Gasteiger partial charge < -0.3 is 19.5 Å². The van der Waals surface area contributed by atoms with E-state index in [1.165, 1.54) is 6.07 Å². The van der Waals surface area contributed by atoms with Crippen molar-refractivity contribution in [3.63, 3.8) is 0 Å². The van der Waals surface area contributed by atoms with Crippen LogP contribution in [0.2, 0.25) is 5.02 Å². The Hall–Kier alpha value is -2.92. The quantitative estimate of drug-likeness (QED) is 0.269. The minimum absolute atomic E-state index is 0.0828. The minimum Gasteiger partial charge on any atom is -0.478 e. The fraction of sp³-hybridized carbons (Fsp3) is 0.407. The lowest BCUT2D eigenvalue weighted by atomic mass is 9.83. The number of aromatic nitrogens is 3. The first kappa shape index (κ1) is 25.4. The van der Waals surface area contributed by atoms with Crippen LogP contribution in [0, 0.1) is 12.7 Å². The molecule has 1 aromatic carbocycles. The molecule has 0 spiro atoms. The summed E-state index contributed by atoms with van der Waals surface area (Å²) in [6.45, 7) is 2.25. The van der Waals surface area contributed by atoms with Crippen molar-refractivity contribution >= 4 is 39.1 Å². The van der Waals surface area contributed by atoms with Crippen molar-refractivity contribution in [2.45, 2.75) is 69.7 Å². The zero-order valence-electron chi connectivity index (χ0n) is 20.5. The number of aryl methyl sites for hydroxylation is 1. The smallest absolute Gasteiger partial charge is 0.335 e. The highest BCUT2D eigenvalue weighted by atomic mass is 35.5. The van der Waals surface area contributed by atoms with Gasteiger partial charge in [0.15, 0.2) is 5.82 Å². The summed E-state index contributed by atoms with van der Waals surface area (Å²) in [6.07, 6.45) is 7.32. The Morgan fingerprint density at radius 1 is 1.26 bits per heavy atom. The zero-order valence-corrected chi connectivity index (χ0v) is 22.1. The van der Waals surface area contributed by atoms with Gasteiger partial charge in [0.05, 0.1) is 28.0 Å². The van der Waals surface area contributed by atoms with E-state index >= 15 is 0 Å². The first-order valence-electron chi connectivity index (χ1n) is 12.5. The highest BCUT2D eigenvalue weighted by Gasteiger charge is 2.39. The molecule has 6 rings (SSSR count). The molecule has 4 aromatic rings. The van der Waals surface area contributed by atoms with Crippen molar-refractivity contribution in [1.29, 1.82) is 0 Å². The molecule has 2 saturated carbocycles. The Morgan fingerprint density at radius 3 is 2.71 bits per heavy atom. The van der Waals surface area contributed by atoms with Crippen LogP contribution in [0.25, 0.3) is 21.5 Å². The number of aromatic carboxylic acids is 1. The molecule has 8 nitrogen and oxygen atoms in total. The minimum atomic E-state index is -1.22. The van der Waals surface area contributed by atoms with Gasteiger partial charge in [0, 0.05) is 29.4 Å². The van der Waals surface area contributed by atoms with Crippen molar-refractivity contribution in [1.82, 2.24) is 15.1 Å². The SMILES string of the molecule is Cc1cncc(Cl)c1-c1noc(C2CC2)c1COC1CCC(O)(c2nc3c(F)cc(C(=O)O)cc3s2)CC1. The molecular weight excluding hydrogens is 533 g/mol. The first-order chi connectivity index (χ1) is 18.2. The van der Waals surface area contributed by atoms with E-state index in [2.05, 4.69) is 15.1 Å². The predicted molar refractivity (Wildman–Crippen MR) is 139 cm³/mol. The van der Waals surface area contributed by atoms with E-state index in [9.17, 15) is 19.4 Å². The molecule has 0 bridgehead atoms. The Bertz CT molecular complexity index is 1520. The maximum Gasteiger partial charge on any atom is 0.335 e. The van der Waals surface area contributed by atoms with Crippen molar-refractivity contribution in [3.05, 3.63) is 62.8 Å². The molecular formula is C27H25ClFN3O5S. The van der Waals surface area contributed by atoms with Gasteiger partial charge in [0.1, 0.15) is 27.6 Å². The van der Waals surface area contributed by atoms with Crippen LogP contribution in [0.5, 0.6) is 0 Å². The van der Waals surface area contributed by atoms with Crippen LogP contribution < -0.4 is 0 Å². The van der Waals surface area contributed by atoms with E-state index in [4.69, 9.17) is 20.9 Å². The number of carbonyl (C=O) groups is 1. The van der Waals surface area contributed by atoms with Crippen LogP contribution >= 0.6 is 22.9 Å². The second-order valence-electron chi connectivity index (χ2n) is 10.1. The van der Waals surface area contributed by atoms with Crippen LogP contribution in [0.3, 0.4) is 0 Å². The number of benzene rings is 1. The number of nitrogens with zero attached hydrogens (tertiary/aromatic N) is 3. The summed E-state index contributed by atoms with van der Waals surface area (Å²) in [5.74, 6) is -0.729. The van der Waals surface area contributed by atoms with Crippen LogP contribution in [-0.4, -0.2) is 37.4 Å². The first-order valence-corrected chi connectivity index (χ1v) is 13.7. The molecule has 0 atom stereocenters. The van der Waals surface area contributed by atoms with Gasteiger partial charge in [-0.1, -0.05) is 16.8 Å². The summed E-state index contributed by atoms with van der Waals surface area (Å²) >= 11 is 7.60. The number of hydrogen-bond acceptors (Lipinski definition) is 8. The van der Waals surface area contributed by atoms with Gasteiger partial charge in [0.25, 0.3) is 0 Å². The molecule has 0 radical (unpaired) electrons. The maximum absolute atomic E-state index is 14.5. The van der Waals surface area contributed by atoms with Crippen molar-refractivity contribution < 1.29 is 28.7 Å². The number of fused-ring (bicyclic) bond motifs is 1. The Balaban J connectivity index is 1.18. The van der Waals surface area contributed by atoms with Gasteiger partial charge >= 0.3 is 5.97 Å². The van der Waals surface area contributed by atoms with Crippen LogP contribution in [0.4, 0.5) is 4.39 Å². The van der Waals surface area contributed by atoms with Gasteiger partial charge in [-0.25, -0.2) is 14.2 Å². The summed E-state index contributed by atoms with van der Waals surface area (Å²) in [4.78, 5) is 19.8. The summed E-state index contributed by atoms with van der Waals surface area (Å²) in [5.41, 5.74) is 2.00. The summed E-state index contributed by atoms with van der Waals surface area (Å²) in [6, 6.07) is 2.35. The monoisotopic (exact) mass is 557 g/mol. The molecule has 2 N–H and O–H groups in total. The Kier molecular flexibility index (Phi) is 6.46. The van der Waals surface area contributed by atoms with Crippen LogP contribution in [0.15, 0.2) is 29.0 Å². The van der Waals surface area contributed by atoms with Gasteiger partial charge in [-0.05, 0) is 63.1 Å². The number of aliphatic hydroxyl groups is 1. The molecule has 0 unspecified atom stereocenters. The van der Waals surface area contributed by atoms with E-state index in [-0.39, 0.29) is 17.2 Å². The highest BCUT2D eigenvalue weighted by molar-refractivity contribution is 7.18. The van der Waals surface area contributed by atoms with E-state index in [0.29, 0.717) is 58.6 Å². The molecule has 2 aliphatic carbocycles. The lowest BCUT2D eigenvalue weighted by molar-refractivity contribution is -0.0641. The number of rotatable bonds is 7. The third kappa shape index (κ3) is 4.59. The van der Waals surface area contributed by atoms with Crippen molar-refractivity contribution in [2.75, 3.05) is 0 Å². The number of pyridine rings is 1. The number of halogens is 2. The lowest BCUT2D eigenvalue weighted by Gasteiger charge is -2.34. The number of ether oxygens (including phenoxy) is 1. The molecule has 2 fully saturated rings. The molecule has 0 aliphatic heterocycles. The molecule has 198 valence electrons. The Morgan fingerprint density at radius 2 is 2.03 bits per heavy atom. The predicted octanol–water partition coefficient (Wildman–Crippen LogP) is 6.37. The van der Waals surface area contributed by atoms with E-state index in [1.807, 2.05) is 6.92 Å². The van der Waals surface area contributed by atoms with Crippen LogP contribution in [0.1, 0.15) is 76.7 Å². The molecule has 0 saturated heterocycles. The highest BCUT2D eigenvalue weighted by Crippen LogP contribution is 2.46. The molecule has 0 amide bonds. The molecule has 11 heteroatoms. The van der Waals surface area contributed by atoms with Gasteiger partial charge in [0.2, 0.25) is 0 Å².